The van der Waals surface area contributed by atoms with Crippen molar-refractivity contribution in [2.75, 3.05) is 0 Å². The van der Waals surface area contributed by atoms with E-state index < -0.39 is 11.8 Å². The number of rotatable bonds is 4. The van der Waals surface area contributed by atoms with Crippen molar-refractivity contribution in [2.24, 2.45) is 19.8 Å². The van der Waals surface area contributed by atoms with Crippen LogP contribution in [-0.4, -0.2) is 25.2 Å². The molecular formula is C16H19N5O3. The van der Waals surface area contributed by atoms with Crippen molar-refractivity contribution in [2.45, 2.75) is 19.3 Å². The third-order valence-electron chi connectivity index (χ3n) is 4.46. The maximum Gasteiger partial charge on any atom is 0.328 e. The summed E-state index contributed by atoms with van der Waals surface area (Å²) in [6.07, 6.45) is 0.00800. The first-order valence-corrected chi connectivity index (χ1v) is 7.52. The Balaban J connectivity index is 2.24. The monoisotopic (exact) mass is 329 g/mol. The highest BCUT2D eigenvalue weighted by molar-refractivity contribution is 5.79. The highest BCUT2D eigenvalue weighted by atomic mass is 16.2. The van der Waals surface area contributed by atoms with Gasteiger partial charge in [0.05, 0.1) is 11.0 Å². The van der Waals surface area contributed by atoms with Crippen LogP contribution < -0.4 is 17.0 Å². The Bertz CT molecular complexity index is 1050. The van der Waals surface area contributed by atoms with Gasteiger partial charge in [0.25, 0.3) is 5.56 Å². The number of fused-ring (bicyclic) bond motifs is 1. The van der Waals surface area contributed by atoms with E-state index in [0.717, 1.165) is 16.6 Å². The predicted octanol–water partition coefficient (Wildman–Crippen LogP) is 0.209. The second-order valence-corrected chi connectivity index (χ2v) is 5.99. The Morgan fingerprint density at radius 2 is 1.83 bits per heavy atom. The van der Waals surface area contributed by atoms with Crippen LogP contribution in [0.15, 0.2) is 27.8 Å². The van der Waals surface area contributed by atoms with Gasteiger partial charge in [-0.15, -0.1) is 0 Å². The smallest absolute Gasteiger partial charge is 0.328 e. The van der Waals surface area contributed by atoms with Crippen LogP contribution in [0, 0.1) is 6.92 Å². The zero-order valence-electron chi connectivity index (χ0n) is 13.7. The van der Waals surface area contributed by atoms with Crippen molar-refractivity contribution >= 4 is 16.9 Å². The van der Waals surface area contributed by atoms with Crippen LogP contribution in [0.25, 0.3) is 11.0 Å². The molecule has 2 heterocycles. The topological polar surface area (TPSA) is 119 Å². The lowest BCUT2D eigenvalue weighted by molar-refractivity contribution is -0.118. The molecule has 0 aliphatic rings. The van der Waals surface area contributed by atoms with Crippen molar-refractivity contribution < 1.29 is 4.79 Å². The Morgan fingerprint density at radius 1 is 1.17 bits per heavy atom. The molecule has 0 radical (unpaired) electrons. The maximum absolute atomic E-state index is 12.1. The molecule has 24 heavy (non-hydrogen) atoms. The fourth-order valence-corrected chi connectivity index (χ4v) is 3.20. The SMILES string of the molecule is Cc1[nH][nH]c(=O)c1C(CC(N)=O)c1ccc2c(c1)n(C)c(=O)n2C. The molecule has 4 N–H and O–H groups in total. The lowest BCUT2D eigenvalue weighted by Crippen LogP contribution is -2.20. The largest absolute Gasteiger partial charge is 0.370 e. The molecule has 3 rings (SSSR count). The summed E-state index contributed by atoms with van der Waals surface area (Å²) in [7, 11) is 3.39. The first-order valence-electron chi connectivity index (χ1n) is 7.52. The minimum atomic E-state index is -0.498. The molecule has 126 valence electrons. The average molecular weight is 329 g/mol. The van der Waals surface area contributed by atoms with Crippen LogP contribution >= 0.6 is 0 Å². The van der Waals surface area contributed by atoms with Gasteiger partial charge in [0.1, 0.15) is 0 Å². The molecule has 0 fully saturated rings. The normalized spacial score (nSPS) is 12.6. The Labute approximate surface area is 136 Å². The van der Waals surface area contributed by atoms with Gasteiger partial charge < -0.3 is 10.8 Å². The fourth-order valence-electron chi connectivity index (χ4n) is 3.20. The number of hydrogen-bond donors (Lipinski definition) is 3. The Morgan fingerprint density at radius 3 is 2.42 bits per heavy atom. The number of benzene rings is 1. The summed E-state index contributed by atoms with van der Waals surface area (Å²) in [5, 5.41) is 5.30. The van der Waals surface area contributed by atoms with Crippen molar-refractivity contribution in [3.05, 3.63) is 55.9 Å². The second kappa shape index (κ2) is 5.55. The van der Waals surface area contributed by atoms with Crippen LogP contribution in [0.2, 0.25) is 0 Å². The van der Waals surface area contributed by atoms with Gasteiger partial charge in [-0.1, -0.05) is 6.07 Å². The molecule has 0 saturated heterocycles. The number of imidazole rings is 1. The lowest BCUT2D eigenvalue weighted by atomic mass is 9.88. The van der Waals surface area contributed by atoms with E-state index in [2.05, 4.69) is 10.2 Å². The number of carbonyl (C=O) groups is 1. The van der Waals surface area contributed by atoms with E-state index in [1.165, 1.54) is 4.57 Å². The van der Waals surface area contributed by atoms with Crippen LogP contribution in [0.3, 0.4) is 0 Å². The van der Waals surface area contributed by atoms with E-state index in [0.29, 0.717) is 11.3 Å². The second-order valence-electron chi connectivity index (χ2n) is 5.99. The Hall–Kier alpha value is -3.03. The molecule has 8 nitrogen and oxygen atoms in total. The number of nitrogens with one attached hydrogen (secondary N) is 2. The average Bonchev–Trinajstić information content (AvgIpc) is 2.98. The molecule has 2 aromatic heterocycles. The van der Waals surface area contributed by atoms with Crippen molar-refractivity contribution in [3.8, 4) is 0 Å². The minimum Gasteiger partial charge on any atom is -0.370 e. The van der Waals surface area contributed by atoms with E-state index in [-0.39, 0.29) is 17.7 Å². The molecule has 0 aliphatic carbocycles. The number of primary amides is 1. The number of nitrogens with zero attached hydrogens (tertiary/aromatic N) is 2. The Kier molecular flexibility index (Phi) is 3.67. The number of nitrogens with two attached hydrogens (primary N) is 1. The van der Waals surface area contributed by atoms with Gasteiger partial charge in [0.2, 0.25) is 5.91 Å². The summed E-state index contributed by atoms with van der Waals surface area (Å²) in [6.45, 7) is 1.76. The summed E-state index contributed by atoms with van der Waals surface area (Å²) < 4.78 is 3.09. The van der Waals surface area contributed by atoms with Crippen LogP contribution in [0.1, 0.15) is 29.2 Å². The first-order chi connectivity index (χ1) is 11.3. The molecule has 1 amide bonds. The summed E-state index contributed by atoms with van der Waals surface area (Å²) in [5.74, 6) is -0.973. The number of aromatic nitrogens is 4. The van der Waals surface area contributed by atoms with Gasteiger partial charge in [0.15, 0.2) is 0 Å². The van der Waals surface area contributed by atoms with Gasteiger partial charge in [0, 0.05) is 37.7 Å². The van der Waals surface area contributed by atoms with E-state index in [1.807, 2.05) is 18.2 Å². The molecular weight excluding hydrogens is 310 g/mol. The molecule has 0 bridgehead atoms. The molecule has 3 aromatic rings. The molecule has 0 spiro atoms. The number of H-pyrrole nitrogens is 2. The zero-order chi connectivity index (χ0) is 17.6. The fraction of sp³-hybridized carbons (Fsp3) is 0.312. The summed E-state index contributed by atoms with van der Waals surface area (Å²) in [6, 6.07) is 5.47. The number of amides is 1. The van der Waals surface area contributed by atoms with E-state index in [4.69, 9.17) is 5.73 Å². The van der Waals surface area contributed by atoms with Gasteiger partial charge in [-0.3, -0.25) is 23.8 Å². The van der Waals surface area contributed by atoms with Crippen molar-refractivity contribution in [3.63, 3.8) is 0 Å². The maximum atomic E-state index is 12.1. The van der Waals surface area contributed by atoms with Crippen molar-refractivity contribution in [1.82, 2.24) is 19.3 Å². The quantitative estimate of drug-likeness (QED) is 0.635. The van der Waals surface area contributed by atoms with E-state index in [1.54, 1.807) is 25.6 Å². The van der Waals surface area contributed by atoms with Gasteiger partial charge >= 0.3 is 5.69 Å². The van der Waals surface area contributed by atoms with Gasteiger partial charge in [-0.2, -0.15) is 0 Å². The van der Waals surface area contributed by atoms with Gasteiger partial charge in [-0.25, -0.2) is 4.79 Å². The van der Waals surface area contributed by atoms with Crippen LogP contribution in [-0.2, 0) is 18.9 Å². The lowest BCUT2D eigenvalue weighted by Gasteiger charge is -2.15. The first kappa shape index (κ1) is 15.9. The summed E-state index contributed by atoms with van der Waals surface area (Å²) >= 11 is 0. The molecule has 0 saturated carbocycles. The third-order valence-corrected chi connectivity index (χ3v) is 4.46. The molecule has 1 aromatic carbocycles. The number of aryl methyl sites for hydroxylation is 3. The highest BCUT2D eigenvalue weighted by Crippen LogP contribution is 2.29. The van der Waals surface area contributed by atoms with Crippen molar-refractivity contribution in [1.29, 1.82) is 0 Å². The molecule has 1 unspecified atom stereocenters. The third kappa shape index (κ3) is 2.36. The molecule has 1 atom stereocenters. The van der Waals surface area contributed by atoms with Crippen LogP contribution in [0.5, 0.6) is 0 Å². The predicted molar refractivity (Wildman–Crippen MR) is 90.0 cm³/mol. The number of carbonyl (C=O) groups excluding carboxylic acids is 1. The van der Waals surface area contributed by atoms with E-state index in [9.17, 15) is 14.4 Å². The highest BCUT2D eigenvalue weighted by Gasteiger charge is 2.24. The number of hydrogen-bond acceptors (Lipinski definition) is 3. The molecule has 8 heteroatoms. The summed E-state index contributed by atoms with van der Waals surface area (Å²) in [4.78, 5) is 35.7. The zero-order valence-corrected chi connectivity index (χ0v) is 13.7. The number of aromatic amines is 2. The summed E-state index contributed by atoms with van der Waals surface area (Å²) in [5.41, 5.74) is 8.39. The standard InChI is InChI=1S/C16H19N5O3/c1-8-14(15(23)19-18-8)10(7-13(17)22)9-4-5-11-12(6-9)21(3)16(24)20(11)2/h4-6,10H,7H2,1-3H3,(H2,17,22)(H2,18,19,23). The molecule has 0 aliphatic heterocycles. The van der Waals surface area contributed by atoms with Gasteiger partial charge in [-0.05, 0) is 24.6 Å². The van der Waals surface area contributed by atoms with E-state index >= 15 is 0 Å². The minimum absolute atomic E-state index is 0.00800. The van der Waals surface area contributed by atoms with Crippen LogP contribution in [0.4, 0.5) is 0 Å².